The van der Waals surface area contributed by atoms with Crippen LogP contribution in [0.15, 0.2) is 78.9 Å². The zero-order chi connectivity index (χ0) is 30.0. The van der Waals surface area contributed by atoms with Crippen molar-refractivity contribution < 1.29 is 32.7 Å². The van der Waals surface area contributed by atoms with E-state index in [0.29, 0.717) is 23.0 Å². The van der Waals surface area contributed by atoms with Crippen LogP contribution >= 0.6 is 0 Å². The SMILES string of the molecule is NC(=O)[C@H](Cc1ccc(C(CC=O)S(N)(=O)=O)cc1)NC(=O)C(Cc1ccccc1)NC(=O)Cc1ccc(O)cc1. The third-order valence-corrected chi connectivity index (χ3v) is 7.65. The van der Waals surface area contributed by atoms with Crippen LogP contribution < -0.4 is 21.5 Å². The molecule has 0 fully saturated rings. The number of primary amides is 1. The highest BCUT2D eigenvalue weighted by Gasteiger charge is 2.27. The molecule has 7 N–H and O–H groups in total. The summed E-state index contributed by atoms with van der Waals surface area (Å²) in [5, 5.41) is 18.8. The number of nitrogens with one attached hydrogen (secondary N) is 2. The van der Waals surface area contributed by atoms with Crippen molar-refractivity contribution in [2.75, 3.05) is 0 Å². The van der Waals surface area contributed by atoms with Gasteiger partial charge in [0.1, 0.15) is 29.4 Å². The smallest absolute Gasteiger partial charge is 0.243 e. The Balaban J connectivity index is 1.74. The molecule has 216 valence electrons. The predicted molar refractivity (Wildman–Crippen MR) is 152 cm³/mol. The van der Waals surface area contributed by atoms with E-state index in [4.69, 9.17) is 10.9 Å². The van der Waals surface area contributed by atoms with Crippen LogP contribution in [0, 0.1) is 0 Å². The van der Waals surface area contributed by atoms with Crippen LogP contribution in [0.3, 0.4) is 0 Å². The van der Waals surface area contributed by atoms with Gasteiger partial charge in [0.25, 0.3) is 0 Å². The van der Waals surface area contributed by atoms with Gasteiger partial charge in [-0.05, 0) is 34.4 Å². The van der Waals surface area contributed by atoms with Crippen molar-refractivity contribution >= 4 is 34.0 Å². The summed E-state index contributed by atoms with van der Waals surface area (Å²) in [6.45, 7) is 0. The molecule has 0 aromatic heterocycles. The van der Waals surface area contributed by atoms with E-state index in [1.54, 1.807) is 48.5 Å². The highest BCUT2D eigenvalue weighted by atomic mass is 32.2. The van der Waals surface area contributed by atoms with Gasteiger partial charge in [-0.15, -0.1) is 0 Å². The lowest BCUT2D eigenvalue weighted by Crippen LogP contribution is -2.54. The van der Waals surface area contributed by atoms with E-state index in [9.17, 15) is 32.7 Å². The van der Waals surface area contributed by atoms with E-state index in [-0.39, 0.29) is 31.4 Å². The van der Waals surface area contributed by atoms with Crippen molar-refractivity contribution in [1.82, 2.24) is 10.6 Å². The number of primary sulfonamides is 1. The van der Waals surface area contributed by atoms with E-state index >= 15 is 0 Å². The van der Waals surface area contributed by atoms with Gasteiger partial charge in [0.05, 0.1) is 6.42 Å². The number of aldehydes is 1. The lowest BCUT2D eigenvalue weighted by atomic mass is 10.0. The zero-order valence-corrected chi connectivity index (χ0v) is 22.9. The van der Waals surface area contributed by atoms with Crippen molar-refractivity contribution in [3.05, 3.63) is 101 Å². The summed E-state index contributed by atoms with van der Waals surface area (Å²) >= 11 is 0. The molecule has 0 saturated carbocycles. The van der Waals surface area contributed by atoms with Crippen LogP contribution in [0.25, 0.3) is 0 Å². The van der Waals surface area contributed by atoms with Crippen LogP contribution in [0.5, 0.6) is 5.75 Å². The molecular formula is C29H32N4O7S. The number of carbonyl (C=O) groups excluding carboxylic acids is 4. The van der Waals surface area contributed by atoms with Crippen molar-refractivity contribution in [3.63, 3.8) is 0 Å². The fraction of sp³-hybridized carbons (Fsp3) is 0.241. The maximum Gasteiger partial charge on any atom is 0.243 e. The lowest BCUT2D eigenvalue weighted by Gasteiger charge is -2.22. The molecule has 3 atom stereocenters. The van der Waals surface area contributed by atoms with Gasteiger partial charge < -0.3 is 26.3 Å². The van der Waals surface area contributed by atoms with E-state index < -0.39 is 45.1 Å². The first-order valence-corrected chi connectivity index (χ1v) is 14.3. The third kappa shape index (κ3) is 9.55. The van der Waals surface area contributed by atoms with E-state index in [2.05, 4.69) is 10.6 Å². The predicted octanol–water partition coefficient (Wildman–Crippen LogP) is 0.794. The fourth-order valence-corrected chi connectivity index (χ4v) is 5.13. The molecule has 0 saturated heterocycles. The second-order valence-electron chi connectivity index (χ2n) is 9.54. The van der Waals surface area contributed by atoms with Crippen molar-refractivity contribution in [1.29, 1.82) is 0 Å². The summed E-state index contributed by atoms with van der Waals surface area (Å²) < 4.78 is 23.7. The minimum atomic E-state index is -4.02. The number of hydrogen-bond acceptors (Lipinski definition) is 7. The maximum absolute atomic E-state index is 13.3. The number of rotatable bonds is 14. The first kappa shape index (κ1) is 31.0. The molecule has 0 bridgehead atoms. The van der Waals surface area contributed by atoms with Gasteiger partial charge in [-0.2, -0.15) is 0 Å². The van der Waals surface area contributed by atoms with Crippen molar-refractivity contribution in [3.8, 4) is 5.75 Å². The molecular weight excluding hydrogens is 548 g/mol. The zero-order valence-electron chi connectivity index (χ0n) is 22.1. The molecule has 41 heavy (non-hydrogen) atoms. The molecule has 3 rings (SSSR count). The average molecular weight is 581 g/mol. The summed E-state index contributed by atoms with van der Waals surface area (Å²) in [4.78, 5) is 49.3. The molecule has 0 heterocycles. The highest BCUT2D eigenvalue weighted by molar-refractivity contribution is 7.89. The summed E-state index contributed by atoms with van der Waals surface area (Å²) in [6, 6.07) is 19.1. The van der Waals surface area contributed by atoms with Gasteiger partial charge in [-0.25, -0.2) is 13.6 Å². The van der Waals surface area contributed by atoms with Crippen LogP contribution in [0.4, 0.5) is 0 Å². The Morgan fingerprint density at radius 2 is 1.37 bits per heavy atom. The van der Waals surface area contributed by atoms with Gasteiger partial charge in [-0.1, -0.05) is 66.7 Å². The summed E-state index contributed by atoms with van der Waals surface area (Å²) in [6.07, 6.45) is 0.277. The molecule has 11 nitrogen and oxygen atoms in total. The Kier molecular flexibility index (Phi) is 10.7. The number of carbonyl (C=O) groups is 4. The lowest BCUT2D eigenvalue weighted by molar-refractivity contribution is -0.131. The molecule has 3 aromatic rings. The van der Waals surface area contributed by atoms with Crippen molar-refractivity contribution in [2.24, 2.45) is 10.9 Å². The normalized spacial score (nSPS) is 13.4. The topological polar surface area (TPSA) is 199 Å². The van der Waals surface area contributed by atoms with Crippen LogP contribution in [-0.2, 0) is 48.5 Å². The van der Waals surface area contributed by atoms with Crippen molar-refractivity contribution in [2.45, 2.75) is 43.0 Å². The number of amides is 3. The van der Waals surface area contributed by atoms with Crippen LogP contribution in [0.2, 0.25) is 0 Å². The number of phenolic OH excluding ortho intramolecular Hbond substituents is 1. The molecule has 0 aliphatic heterocycles. The summed E-state index contributed by atoms with van der Waals surface area (Å²) in [7, 11) is -4.02. The Hall–Kier alpha value is -4.55. The second-order valence-corrected chi connectivity index (χ2v) is 11.3. The first-order chi connectivity index (χ1) is 19.5. The van der Waals surface area contributed by atoms with E-state index in [0.717, 1.165) is 5.56 Å². The minimum absolute atomic E-state index is 0.00537. The quantitative estimate of drug-likeness (QED) is 0.174. The van der Waals surface area contributed by atoms with Crippen LogP contribution in [0.1, 0.15) is 33.9 Å². The Labute approximate surface area is 238 Å². The average Bonchev–Trinajstić information content (AvgIpc) is 2.92. The molecule has 0 aliphatic carbocycles. The molecule has 0 spiro atoms. The number of benzene rings is 3. The van der Waals surface area contributed by atoms with E-state index in [1.807, 2.05) is 6.07 Å². The number of aromatic hydroxyl groups is 1. The number of nitrogens with two attached hydrogens (primary N) is 2. The summed E-state index contributed by atoms with van der Waals surface area (Å²) in [5.74, 6) is -1.79. The number of phenols is 1. The third-order valence-electron chi connectivity index (χ3n) is 6.39. The molecule has 3 aromatic carbocycles. The molecule has 3 amide bonds. The van der Waals surface area contributed by atoms with E-state index in [1.165, 1.54) is 24.3 Å². The Bertz CT molecular complexity index is 1460. The molecule has 12 heteroatoms. The second kappa shape index (κ2) is 14.2. The van der Waals surface area contributed by atoms with Gasteiger partial charge in [0.15, 0.2) is 0 Å². The largest absolute Gasteiger partial charge is 0.508 e. The molecule has 2 unspecified atom stereocenters. The monoisotopic (exact) mass is 580 g/mol. The van der Waals surface area contributed by atoms with Gasteiger partial charge in [0.2, 0.25) is 27.7 Å². The standard InChI is InChI=1S/C29H32N4O7S/c30-28(37)24(16-20-6-10-22(11-7-20)26(14-15-34)41(31,39)40)33-29(38)25(17-19-4-2-1-3-5-19)32-27(36)18-21-8-12-23(35)13-9-21/h1-13,15,24-26,35H,14,16-18H2,(H2,30,37)(H,32,36)(H,33,38)(H2,31,39,40)/t24-,25?,26?/m0/s1. The summed E-state index contributed by atoms with van der Waals surface area (Å²) in [5.41, 5.74) is 7.87. The first-order valence-electron chi connectivity index (χ1n) is 12.7. The van der Waals surface area contributed by atoms with Gasteiger partial charge in [0, 0.05) is 19.3 Å². The van der Waals surface area contributed by atoms with Crippen LogP contribution in [-0.4, -0.2) is 49.6 Å². The molecule has 0 radical (unpaired) electrons. The molecule has 0 aliphatic rings. The Morgan fingerprint density at radius 1 is 0.805 bits per heavy atom. The number of hydrogen-bond donors (Lipinski definition) is 5. The minimum Gasteiger partial charge on any atom is -0.508 e. The Morgan fingerprint density at radius 3 is 1.93 bits per heavy atom. The maximum atomic E-state index is 13.3. The highest BCUT2D eigenvalue weighted by Crippen LogP contribution is 2.23. The number of sulfonamides is 1. The van der Waals surface area contributed by atoms with Gasteiger partial charge in [-0.3, -0.25) is 14.4 Å². The fourth-order valence-electron chi connectivity index (χ4n) is 4.25. The van der Waals surface area contributed by atoms with Gasteiger partial charge >= 0.3 is 0 Å².